The van der Waals surface area contributed by atoms with Gasteiger partial charge in [-0.1, -0.05) is 12.8 Å². The lowest BCUT2D eigenvalue weighted by molar-refractivity contribution is 0.0707. The molecule has 0 aromatic carbocycles. The Bertz CT molecular complexity index is 128. The molecule has 0 amide bonds. The predicted molar refractivity (Wildman–Crippen MR) is 60.6 cm³/mol. The molecular formula is C12H25NO. The lowest BCUT2D eigenvalue weighted by Crippen LogP contribution is -2.26. The first-order chi connectivity index (χ1) is 6.79. The van der Waals surface area contributed by atoms with E-state index in [-0.39, 0.29) is 0 Å². The van der Waals surface area contributed by atoms with E-state index < -0.39 is 0 Å². The van der Waals surface area contributed by atoms with Crippen molar-refractivity contribution in [2.45, 2.75) is 52.1 Å². The average Bonchev–Trinajstić information content (AvgIpc) is 2.40. The van der Waals surface area contributed by atoms with E-state index in [9.17, 15) is 0 Å². The van der Waals surface area contributed by atoms with Gasteiger partial charge in [0.2, 0.25) is 0 Å². The first kappa shape index (κ1) is 12.0. The smallest absolute Gasteiger partial charge is 0.0518 e. The molecule has 1 aliphatic rings. The number of hydrogen-bond donors (Lipinski definition) is 0. The zero-order chi connectivity index (χ0) is 10.2. The van der Waals surface area contributed by atoms with Crippen LogP contribution in [0.15, 0.2) is 0 Å². The zero-order valence-electron chi connectivity index (χ0n) is 9.80. The SMILES string of the molecule is CC(C)OCCCN1CCCCCC1. The second-order valence-corrected chi connectivity index (χ2v) is 4.53. The van der Waals surface area contributed by atoms with Crippen molar-refractivity contribution >= 4 is 0 Å². The predicted octanol–water partition coefficient (Wildman–Crippen LogP) is 2.68. The van der Waals surface area contributed by atoms with Crippen molar-refractivity contribution < 1.29 is 4.74 Å². The molecule has 1 heterocycles. The molecule has 0 bridgehead atoms. The molecule has 0 N–H and O–H groups in total. The van der Waals surface area contributed by atoms with Crippen LogP contribution in [0.2, 0.25) is 0 Å². The van der Waals surface area contributed by atoms with Crippen molar-refractivity contribution in [2.75, 3.05) is 26.2 Å². The summed E-state index contributed by atoms with van der Waals surface area (Å²) in [7, 11) is 0. The second-order valence-electron chi connectivity index (χ2n) is 4.53. The van der Waals surface area contributed by atoms with Gasteiger partial charge in [-0.25, -0.2) is 0 Å². The minimum absolute atomic E-state index is 0.388. The Morgan fingerprint density at radius 3 is 2.29 bits per heavy atom. The first-order valence-corrected chi connectivity index (χ1v) is 6.13. The van der Waals surface area contributed by atoms with Crippen molar-refractivity contribution in [3.8, 4) is 0 Å². The quantitative estimate of drug-likeness (QED) is 0.631. The van der Waals surface area contributed by atoms with E-state index in [1.165, 1.54) is 51.7 Å². The van der Waals surface area contributed by atoms with Crippen molar-refractivity contribution in [3.63, 3.8) is 0 Å². The number of ether oxygens (including phenoxy) is 1. The van der Waals surface area contributed by atoms with Crippen LogP contribution in [0.25, 0.3) is 0 Å². The topological polar surface area (TPSA) is 12.5 Å². The van der Waals surface area contributed by atoms with Crippen LogP contribution in [0.1, 0.15) is 46.0 Å². The zero-order valence-corrected chi connectivity index (χ0v) is 9.80. The highest BCUT2D eigenvalue weighted by atomic mass is 16.5. The Morgan fingerprint density at radius 2 is 1.71 bits per heavy atom. The van der Waals surface area contributed by atoms with Gasteiger partial charge in [0.05, 0.1) is 6.10 Å². The molecule has 1 rings (SSSR count). The van der Waals surface area contributed by atoms with E-state index in [4.69, 9.17) is 4.74 Å². The van der Waals surface area contributed by atoms with Crippen LogP contribution in [0.3, 0.4) is 0 Å². The molecule has 84 valence electrons. The second kappa shape index (κ2) is 7.24. The summed E-state index contributed by atoms with van der Waals surface area (Å²) in [5.74, 6) is 0. The summed E-state index contributed by atoms with van der Waals surface area (Å²) in [6.07, 6.45) is 7.23. The van der Waals surface area contributed by atoms with Crippen molar-refractivity contribution in [1.82, 2.24) is 4.90 Å². The van der Waals surface area contributed by atoms with Gasteiger partial charge in [-0.05, 0) is 46.2 Å². The molecule has 0 unspecified atom stereocenters. The Morgan fingerprint density at radius 1 is 1.07 bits per heavy atom. The molecule has 1 saturated heterocycles. The first-order valence-electron chi connectivity index (χ1n) is 6.13. The van der Waals surface area contributed by atoms with Crippen LogP contribution in [0.4, 0.5) is 0 Å². The third-order valence-corrected chi connectivity index (χ3v) is 2.77. The highest BCUT2D eigenvalue weighted by Crippen LogP contribution is 2.09. The highest BCUT2D eigenvalue weighted by Gasteiger charge is 2.07. The molecular weight excluding hydrogens is 174 g/mol. The van der Waals surface area contributed by atoms with Crippen molar-refractivity contribution in [3.05, 3.63) is 0 Å². The minimum Gasteiger partial charge on any atom is -0.379 e. The van der Waals surface area contributed by atoms with Gasteiger partial charge in [0.15, 0.2) is 0 Å². The maximum atomic E-state index is 5.54. The van der Waals surface area contributed by atoms with E-state index in [1.54, 1.807) is 0 Å². The summed E-state index contributed by atoms with van der Waals surface area (Å²) in [4.78, 5) is 2.59. The maximum absolute atomic E-state index is 5.54. The molecule has 0 aliphatic carbocycles. The summed E-state index contributed by atoms with van der Waals surface area (Å²) in [6, 6.07) is 0. The molecule has 0 aromatic rings. The van der Waals surface area contributed by atoms with Crippen LogP contribution in [0, 0.1) is 0 Å². The monoisotopic (exact) mass is 199 g/mol. The van der Waals surface area contributed by atoms with Gasteiger partial charge in [0.1, 0.15) is 0 Å². The van der Waals surface area contributed by atoms with Crippen LogP contribution in [0.5, 0.6) is 0 Å². The van der Waals surface area contributed by atoms with Crippen LogP contribution < -0.4 is 0 Å². The lowest BCUT2D eigenvalue weighted by atomic mass is 10.2. The normalized spacial score (nSPS) is 19.9. The third-order valence-electron chi connectivity index (χ3n) is 2.77. The molecule has 2 heteroatoms. The van der Waals surface area contributed by atoms with E-state index in [2.05, 4.69) is 18.7 Å². The lowest BCUT2D eigenvalue weighted by Gasteiger charge is -2.19. The standard InChI is InChI=1S/C12H25NO/c1-12(2)14-11-7-10-13-8-5-3-4-6-9-13/h12H,3-11H2,1-2H3. The number of likely N-dealkylation sites (tertiary alicyclic amines) is 1. The van der Waals surface area contributed by atoms with Crippen LogP contribution in [-0.4, -0.2) is 37.2 Å². The molecule has 0 radical (unpaired) electrons. The molecule has 1 fully saturated rings. The molecule has 14 heavy (non-hydrogen) atoms. The van der Waals surface area contributed by atoms with Gasteiger partial charge in [0, 0.05) is 13.2 Å². The van der Waals surface area contributed by atoms with Gasteiger partial charge in [-0.3, -0.25) is 0 Å². The van der Waals surface area contributed by atoms with Crippen molar-refractivity contribution in [2.24, 2.45) is 0 Å². The highest BCUT2D eigenvalue weighted by molar-refractivity contribution is 4.62. The third kappa shape index (κ3) is 5.61. The Balaban J connectivity index is 1.99. The summed E-state index contributed by atoms with van der Waals surface area (Å²) in [5.41, 5.74) is 0. The van der Waals surface area contributed by atoms with E-state index in [1.807, 2.05) is 0 Å². The Hall–Kier alpha value is -0.0800. The molecule has 1 aliphatic heterocycles. The average molecular weight is 199 g/mol. The van der Waals surface area contributed by atoms with Crippen LogP contribution in [-0.2, 0) is 4.74 Å². The molecule has 0 saturated carbocycles. The van der Waals surface area contributed by atoms with Crippen LogP contribution >= 0.6 is 0 Å². The molecule has 2 nitrogen and oxygen atoms in total. The summed E-state index contributed by atoms with van der Waals surface area (Å²) in [5, 5.41) is 0. The fourth-order valence-corrected chi connectivity index (χ4v) is 1.97. The fraction of sp³-hybridized carbons (Fsp3) is 1.00. The van der Waals surface area contributed by atoms with Gasteiger partial charge in [0.25, 0.3) is 0 Å². The molecule has 0 spiro atoms. The van der Waals surface area contributed by atoms with Gasteiger partial charge < -0.3 is 9.64 Å². The number of hydrogen-bond acceptors (Lipinski definition) is 2. The van der Waals surface area contributed by atoms with Gasteiger partial charge in [-0.2, -0.15) is 0 Å². The van der Waals surface area contributed by atoms with Gasteiger partial charge in [-0.15, -0.1) is 0 Å². The molecule has 0 atom stereocenters. The Kier molecular flexibility index (Phi) is 6.20. The summed E-state index contributed by atoms with van der Waals surface area (Å²) >= 11 is 0. The molecule has 0 aromatic heterocycles. The number of rotatable bonds is 5. The van der Waals surface area contributed by atoms with Gasteiger partial charge >= 0.3 is 0 Å². The minimum atomic E-state index is 0.388. The largest absolute Gasteiger partial charge is 0.379 e. The van der Waals surface area contributed by atoms with E-state index >= 15 is 0 Å². The van der Waals surface area contributed by atoms with Crippen molar-refractivity contribution in [1.29, 1.82) is 0 Å². The van der Waals surface area contributed by atoms with E-state index in [0.29, 0.717) is 6.10 Å². The number of nitrogens with zero attached hydrogens (tertiary/aromatic N) is 1. The summed E-state index contributed by atoms with van der Waals surface area (Å²) in [6.45, 7) is 8.97. The Labute approximate surface area is 88.6 Å². The van der Waals surface area contributed by atoms with E-state index in [0.717, 1.165) is 6.61 Å². The fourth-order valence-electron chi connectivity index (χ4n) is 1.97. The maximum Gasteiger partial charge on any atom is 0.0518 e. The summed E-state index contributed by atoms with van der Waals surface area (Å²) < 4.78 is 5.54.